The highest BCUT2D eigenvalue weighted by Crippen LogP contribution is 2.25. The highest BCUT2D eigenvalue weighted by molar-refractivity contribution is 7.80. The number of carbonyl (C=O) groups excluding carboxylic acids is 1. The third kappa shape index (κ3) is 4.45. The molecule has 0 unspecified atom stereocenters. The molecule has 0 aliphatic rings. The highest BCUT2D eigenvalue weighted by Gasteiger charge is 2.16. The van der Waals surface area contributed by atoms with Crippen LogP contribution in [0, 0.1) is 5.41 Å². The average Bonchev–Trinajstić information content (AvgIpc) is 2.13. The van der Waals surface area contributed by atoms with Crippen molar-refractivity contribution in [3.8, 4) is 0 Å². The van der Waals surface area contributed by atoms with Gasteiger partial charge in [0.2, 0.25) is 0 Å². The van der Waals surface area contributed by atoms with Crippen LogP contribution >= 0.6 is 12.2 Å². The van der Waals surface area contributed by atoms with Crippen LogP contribution in [0.25, 0.3) is 0 Å². The first kappa shape index (κ1) is 14.6. The lowest BCUT2D eigenvalue weighted by atomic mass is 9.85. The normalized spacial score (nSPS) is 11.1. The van der Waals surface area contributed by atoms with E-state index in [4.69, 9.17) is 18.0 Å². The van der Waals surface area contributed by atoms with Gasteiger partial charge in [-0.15, -0.1) is 0 Å². The Morgan fingerprint density at radius 2 is 2.00 bits per heavy atom. The van der Waals surface area contributed by atoms with Crippen LogP contribution in [0.1, 0.15) is 43.6 Å². The zero-order valence-corrected chi connectivity index (χ0v) is 12.1. The lowest BCUT2D eigenvalue weighted by Crippen LogP contribution is -2.19. The number of hydrogen-bond acceptors (Lipinski definition) is 2. The van der Waals surface area contributed by atoms with E-state index in [-0.39, 0.29) is 16.3 Å². The van der Waals surface area contributed by atoms with Crippen LogP contribution in [0.3, 0.4) is 0 Å². The molecular weight excluding hydrogens is 244 g/mol. The fourth-order valence-electron chi connectivity index (χ4n) is 1.87. The molecule has 0 fully saturated rings. The average molecular weight is 264 g/mol. The molecular formula is C14H20N2OS. The smallest absolute Gasteiger partial charge is 0.168 e. The second-order valence-corrected chi connectivity index (χ2v) is 6.09. The molecule has 1 aromatic carbocycles. The Hall–Kier alpha value is -1.42. The fraction of sp³-hybridized carbons (Fsp3) is 0.429. The van der Waals surface area contributed by atoms with Crippen molar-refractivity contribution in [3.63, 3.8) is 0 Å². The molecule has 0 aliphatic carbocycles. The standard InChI is InChI=1S/C14H20N2OS/c1-9(17)12-6-5-11(16-13(15)18)7-10(12)8-14(2,3)4/h5-7H,8H2,1-4H3,(H3,15,16,18). The zero-order valence-electron chi connectivity index (χ0n) is 11.3. The molecule has 3 nitrogen and oxygen atoms in total. The van der Waals surface area contributed by atoms with E-state index in [1.165, 1.54) is 0 Å². The molecule has 0 saturated heterocycles. The Morgan fingerprint density at radius 3 is 2.44 bits per heavy atom. The molecule has 0 saturated carbocycles. The van der Waals surface area contributed by atoms with E-state index < -0.39 is 0 Å². The van der Waals surface area contributed by atoms with Crippen LogP contribution in [0.4, 0.5) is 5.69 Å². The number of rotatable bonds is 3. The summed E-state index contributed by atoms with van der Waals surface area (Å²) in [6.45, 7) is 8.02. The molecule has 18 heavy (non-hydrogen) atoms. The van der Waals surface area contributed by atoms with E-state index in [9.17, 15) is 4.79 Å². The monoisotopic (exact) mass is 264 g/mol. The summed E-state index contributed by atoms with van der Waals surface area (Å²) in [5.41, 5.74) is 8.18. The summed E-state index contributed by atoms with van der Waals surface area (Å²) in [4.78, 5) is 11.6. The van der Waals surface area contributed by atoms with E-state index in [0.29, 0.717) is 0 Å². The first-order valence-corrected chi connectivity index (χ1v) is 6.30. The molecule has 0 radical (unpaired) electrons. The number of nitrogens with two attached hydrogens (primary N) is 1. The van der Waals surface area contributed by atoms with Gasteiger partial charge < -0.3 is 11.1 Å². The Morgan fingerprint density at radius 1 is 1.39 bits per heavy atom. The molecule has 0 spiro atoms. The lowest BCUT2D eigenvalue weighted by molar-refractivity contribution is 0.101. The summed E-state index contributed by atoms with van der Waals surface area (Å²) in [7, 11) is 0. The van der Waals surface area contributed by atoms with Gasteiger partial charge in [-0.3, -0.25) is 4.79 Å². The van der Waals surface area contributed by atoms with Gasteiger partial charge in [0, 0.05) is 11.3 Å². The van der Waals surface area contributed by atoms with Gasteiger partial charge in [0.25, 0.3) is 0 Å². The number of hydrogen-bond donors (Lipinski definition) is 2. The number of thiocarbonyl (C=S) groups is 1. The lowest BCUT2D eigenvalue weighted by Gasteiger charge is -2.20. The maximum absolute atomic E-state index is 11.6. The second kappa shape index (κ2) is 5.48. The molecule has 3 N–H and O–H groups in total. The maximum atomic E-state index is 11.6. The fourth-order valence-corrected chi connectivity index (χ4v) is 1.99. The van der Waals surface area contributed by atoms with Crippen LogP contribution in [0.15, 0.2) is 18.2 Å². The molecule has 4 heteroatoms. The molecule has 98 valence electrons. The van der Waals surface area contributed by atoms with Crippen molar-refractivity contribution in [2.45, 2.75) is 34.1 Å². The zero-order chi connectivity index (χ0) is 13.9. The van der Waals surface area contributed by atoms with Gasteiger partial charge in [-0.25, -0.2) is 0 Å². The van der Waals surface area contributed by atoms with E-state index in [1.807, 2.05) is 18.2 Å². The number of anilines is 1. The largest absolute Gasteiger partial charge is 0.376 e. The Bertz CT molecular complexity index is 475. The molecule has 1 rings (SSSR count). The number of Topliss-reactive ketones (excluding diaryl/α,β-unsaturated/α-hetero) is 1. The summed E-state index contributed by atoms with van der Waals surface area (Å²) < 4.78 is 0. The van der Waals surface area contributed by atoms with E-state index in [1.54, 1.807) is 6.92 Å². The minimum atomic E-state index is 0.0797. The van der Waals surface area contributed by atoms with Gasteiger partial charge in [0.1, 0.15) is 0 Å². The van der Waals surface area contributed by atoms with Crippen LogP contribution in [0.2, 0.25) is 0 Å². The molecule has 0 aromatic heterocycles. The molecule has 0 atom stereocenters. The number of ketones is 1. The van der Waals surface area contributed by atoms with Crippen molar-refractivity contribution >= 4 is 28.8 Å². The van der Waals surface area contributed by atoms with Crippen molar-refractivity contribution in [3.05, 3.63) is 29.3 Å². The molecule has 0 heterocycles. The van der Waals surface area contributed by atoms with Gasteiger partial charge in [-0.1, -0.05) is 20.8 Å². The van der Waals surface area contributed by atoms with Crippen molar-refractivity contribution in [2.24, 2.45) is 11.1 Å². The summed E-state index contributed by atoms with van der Waals surface area (Å²) >= 11 is 4.81. The molecule has 1 aromatic rings. The highest BCUT2D eigenvalue weighted by atomic mass is 32.1. The molecule has 0 bridgehead atoms. The van der Waals surface area contributed by atoms with Crippen molar-refractivity contribution < 1.29 is 4.79 Å². The number of benzene rings is 1. The second-order valence-electron chi connectivity index (χ2n) is 5.65. The molecule has 0 amide bonds. The van der Waals surface area contributed by atoms with Crippen LogP contribution in [-0.4, -0.2) is 10.9 Å². The third-order valence-corrected chi connectivity index (χ3v) is 2.57. The number of carbonyl (C=O) groups is 1. The van der Waals surface area contributed by atoms with Crippen molar-refractivity contribution in [2.75, 3.05) is 5.32 Å². The maximum Gasteiger partial charge on any atom is 0.168 e. The van der Waals surface area contributed by atoms with Gasteiger partial charge >= 0.3 is 0 Å². The predicted octanol–water partition coefficient (Wildman–Crippen LogP) is 3.13. The summed E-state index contributed by atoms with van der Waals surface area (Å²) in [5, 5.41) is 3.12. The Labute approximate surface area is 114 Å². The van der Waals surface area contributed by atoms with Gasteiger partial charge in [-0.2, -0.15) is 0 Å². The van der Waals surface area contributed by atoms with Gasteiger partial charge in [0.05, 0.1) is 0 Å². The summed E-state index contributed by atoms with van der Waals surface area (Å²) in [6, 6.07) is 5.59. The Kier molecular flexibility index (Phi) is 4.46. The minimum Gasteiger partial charge on any atom is -0.376 e. The summed E-state index contributed by atoms with van der Waals surface area (Å²) in [5.74, 6) is 0.0797. The van der Waals surface area contributed by atoms with Gasteiger partial charge in [-0.05, 0) is 54.7 Å². The van der Waals surface area contributed by atoms with E-state index >= 15 is 0 Å². The Balaban J connectivity index is 3.15. The van der Waals surface area contributed by atoms with E-state index in [0.717, 1.165) is 23.2 Å². The van der Waals surface area contributed by atoms with Crippen molar-refractivity contribution in [1.29, 1.82) is 0 Å². The number of nitrogens with one attached hydrogen (secondary N) is 1. The summed E-state index contributed by atoms with van der Waals surface area (Å²) in [6.07, 6.45) is 0.828. The predicted molar refractivity (Wildman–Crippen MR) is 80.0 cm³/mol. The first-order chi connectivity index (χ1) is 8.19. The van der Waals surface area contributed by atoms with Crippen LogP contribution in [0.5, 0.6) is 0 Å². The van der Waals surface area contributed by atoms with Gasteiger partial charge in [0.15, 0.2) is 10.9 Å². The van der Waals surface area contributed by atoms with E-state index in [2.05, 4.69) is 26.1 Å². The quantitative estimate of drug-likeness (QED) is 0.650. The third-order valence-electron chi connectivity index (χ3n) is 2.47. The van der Waals surface area contributed by atoms with Crippen LogP contribution in [-0.2, 0) is 6.42 Å². The van der Waals surface area contributed by atoms with Crippen LogP contribution < -0.4 is 11.1 Å². The molecule has 0 aliphatic heterocycles. The van der Waals surface area contributed by atoms with Crippen molar-refractivity contribution in [1.82, 2.24) is 0 Å². The SMILES string of the molecule is CC(=O)c1ccc(NC(N)=S)cc1CC(C)(C)C. The minimum absolute atomic E-state index is 0.0797. The topological polar surface area (TPSA) is 55.1 Å². The first-order valence-electron chi connectivity index (χ1n) is 5.89.